The Morgan fingerprint density at radius 3 is 2.47 bits per heavy atom. The van der Waals surface area contributed by atoms with Crippen LogP contribution in [0.15, 0.2) is 36.4 Å². The van der Waals surface area contributed by atoms with Gasteiger partial charge in [0, 0.05) is 16.7 Å². The van der Waals surface area contributed by atoms with Crippen LogP contribution in [0.5, 0.6) is 5.75 Å². The summed E-state index contributed by atoms with van der Waals surface area (Å²) in [5.74, 6) is 0.635. The molecule has 0 unspecified atom stereocenters. The van der Waals surface area contributed by atoms with Crippen molar-refractivity contribution in [3.63, 3.8) is 0 Å². The molecule has 98 valence electrons. The molecule has 2 aromatic rings. The number of ketones is 1. The number of Topliss-reactive ketones (excluding diaryl/α,β-unsaturated/α-hetero) is 1. The second kappa shape index (κ2) is 5.64. The van der Waals surface area contributed by atoms with Crippen LogP contribution in [0.2, 0.25) is 10.0 Å². The largest absolute Gasteiger partial charge is 0.496 e. The Morgan fingerprint density at radius 2 is 1.84 bits per heavy atom. The molecule has 0 spiro atoms. The first-order valence-electron chi connectivity index (χ1n) is 5.68. The smallest absolute Gasteiger partial charge is 0.159 e. The van der Waals surface area contributed by atoms with Crippen molar-refractivity contribution in [2.24, 2.45) is 0 Å². The van der Waals surface area contributed by atoms with Gasteiger partial charge in [-0.25, -0.2) is 0 Å². The van der Waals surface area contributed by atoms with Crippen LogP contribution in [0.4, 0.5) is 0 Å². The zero-order valence-corrected chi connectivity index (χ0v) is 12.0. The third-order valence-electron chi connectivity index (χ3n) is 2.85. The minimum absolute atomic E-state index is 0.0120. The summed E-state index contributed by atoms with van der Waals surface area (Å²) < 4.78 is 5.32. The summed E-state index contributed by atoms with van der Waals surface area (Å²) in [6.07, 6.45) is 0. The highest BCUT2D eigenvalue weighted by Gasteiger charge is 2.13. The van der Waals surface area contributed by atoms with Crippen LogP contribution in [0.3, 0.4) is 0 Å². The maximum atomic E-state index is 11.5. The van der Waals surface area contributed by atoms with Crippen LogP contribution in [-0.4, -0.2) is 12.9 Å². The van der Waals surface area contributed by atoms with Crippen molar-refractivity contribution in [1.82, 2.24) is 0 Å². The van der Waals surface area contributed by atoms with E-state index in [-0.39, 0.29) is 5.78 Å². The summed E-state index contributed by atoms with van der Waals surface area (Å²) in [5, 5.41) is 0.914. The number of hydrogen-bond donors (Lipinski definition) is 0. The Kier molecular flexibility index (Phi) is 4.13. The van der Waals surface area contributed by atoms with Gasteiger partial charge in [-0.2, -0.15) is 0 Å². The second-order valence-electron chi connectivity index (χ2n) is 4.07. The summed E-state index contributed by atoms with van der Waals surface area (Å²) in [5.41, 5.74) is 2.10. The van der Waals surface area contributed by atoms with Crippen molar-refractivity contribution >= 4 is 29.0 Å². The van der Waals surface area contributed by atoms with Gasteiger partial charge in [-0.05, 0) is 31.2 Å². The lowest BCUT2D eigenvalue weighted by Crippen LogP contribution is -1.95. The van der Waals surface area contributed by atoms with E-state index in [0.717, 1.165) is 11.1 Å². The number of carbonyl (C=O) groups excluding carboxylic acids is 1. The number of ether oxygens (including phenoxy) is 1. The molecule has 2 rings (SSSR count). The van der Waals surface area contributed by atoms with Gasteiger partial charge in [-0.1, -0.05) is 35.3 Å². The second-order valence-corrected chi connectivity index (χ2v) is 4.86. The number of benzene rings is 2. The van der Waals surface area contributed by atoms with Crippen molar-refractivity contribution in [1.29, 1.82) is 0 Å². The highest BCUT2D eigenvalue weighted by atomic mass is 35.5. The Hall–Kier alpha value is -1.51. The van der Waals surface area contributed by atoms with Gasteiger partial charge in [0.1, 0.15) is 5.75 Å². The van der Waals surface area contributed by atoms with Crippen molar-refractivity contribution in [2.75, 3.05) is 7.11 Å². The molecule has 0 radical (unpaired) electrons. The molecule has 0 saturated heterocycles. The summed E-state index contributed by atoms with van der Waals surface area (Å²) in [4.78, 5) is 11.5. The molecule has 0 bridgehead atoms. The molecule has 0 aromatic heterocycles. The van der Waals surface area contributed by atoms with Gasteiger partial charge in [-0.15, -0.1) is 0 Å². The van der Waals surface area contributed by atoms with Crippen molar-refractivity contribution in [3.05, 3.63) is 52.0 Å². The topological polar surface area (TPSA) is 26.3 Å². The van der Waals surface area contributed by atoms with E-state index < -0.39 is 0 Å². The molecule has 4 heteroatoms. The van der Waals surface area contributed by atoms with Crippen molar-refractivity contribution in [3.8, 4) is 16.9 Å². The van der Waals surface area contributed by atoms with E-state index in [4.69, 9.17) is 27.9 Å². The fraction of sp³-hybridized carbons (Fsp3) is 0.133. The third-order valence-corrected chi connectivity index (χ3v) is 3.67. The first-order valence-corrected chi connectivity index (χ1v) is 6.43. The normalized spacial score (nSPS) is 10.3. The van der Waals surface area contributed by atoms with Crippen LogP contribution in [0.1, 0.15) is 17.3 Å². The van der Waals surface area contributed by atoms with E-state index in [1.165, 1.54) is 6.92 Å². The van der Waals surface area contributed by atoms with Crippen LogP contribution < -0.4 is 4.74 Å². The van der Waals surface area contributed by atoms with Gasteiger partial charge in [-0.3, -0.25) is 4.79 Å². The highest BCUT2D eigenvalue weighted by molar-refractivity contribution is 6.43. The molecule has 0 saturated carbocycles. The molecule has 0 aliphatic carbocycles. The third kappa shape index (κ3) is 2.75. The van der Waals surface area contributed by atoms with Crippen LogP contribution in [0, 0.1) is 0 Å². The van der Waals surface area contributed by atoms with Gasteiger partial charge in [0.2, 0.25) is 0 Å². The molecule has 19 heavy (non-hydrogen) atoms. The molecule has 0 aliphatic heterocycles. The molecular weight excluding hydrogens is 283 g/mol. The quantitative estimate of drug-likeness (QED) is 0.755. The molecule has 0 amide bonds. The Balaban J connectivity index is 2.68. The summed E-state index contributed by atoms with van der Waals surface area (Å²) >= 11 is 12.2. The van der Waals surface area contributed by atoms with E-state index in [9.17, 15) is 4.79 Å². The first-order chi connectivity index (χ1) is 9.04. The molecular formula is C15H12Cl2O2. The average Bonchev–Trinajstić information content (AvgIpc) is 2.41. The first kappa shape index (κ1) is 13.9. The molecule has 0 atom stereocenters. The number of rotatable bonds is 3. The van der Waals surface area contributed by atoms with Gasteiger partial charge >= 0.3 is 0 Å². The minimum Gasteiger partial charge on any atom is -0.496 e. The summed E-state index contributed by atoms with van der Waals surface area (Å²) in [7, 11) is 1.57. The number of halogens is 2. The molecule has 2 aromatic carbocycles. The van der Waals surface area contributed by atoms with E-state index in [0.29, 0.717) is 21.4 Å². The monoisotopic (exact) mass is 294 g/mol. The number of carbonyl (C=O) groups is 1. The predicted molar refractivity (Wildman–Crippen MR) is 78.5 cm³/mol. The maximum absolute atomic E-state index is 11.5. The Labute approximate surface area is 121 Å². The molecule has 0 aliphatic rings. The zero-order valence-electron chi connectivity index (χ0n) is 10.5. The fourth-order valence-corrected chi connectivity index (χ4v) is 2.25. The van der Waals surface area contributed by atoms with E-state index in [1.54, 1.807) is 31.4 Å². The predicted octanol–water partition coefficient (Wildman–Crippen LogP) is 4.87. The fourth-order valence-electron chi connectivity index (χ4n) is 1.85. The van der Waals surface area contributed by atoms with Crippen LogP contribution in [0.25, 0.3) is 11.1 Å². The van der Waals surface area contributed by atoms with Gasteiger partial charge < -0.3 is 4.74 Å². The van der Waals surface area contributed by atoms with Gasteiger partial charge in [0.05, 0.1) is 17.2 Å². The molecule has 0 heterocycles. The number of hydrogen-bond acceptors (Lipinski definition) is 2. The van der Waals surface area contributed by atoms with Gasteiger partial charge in [0.15, 0.2) is 5.78 Å². The highest BCUT2D eigenvalue weighted by Crippen LogP contribution is 2.38. The molecule has 0 fully saturated rings. The minimum atomic E-state index is -0.0120. The maximum Gasteiger partial charge on any atom is 0.159 e. The Bertz CT molecular complexity index is 636. The van der Waals surface area contributed by atoms with Crippen molar-refractivity contribution < 1.29 is 9.53 Å². The standard InChI is InChI=1S/C15H12Cl2O2/c1-9(18)10-6-7-14(19-2)12(8-10)11-4-3-5-13(16)15(11)17/h3-8H,1-2H3. The summed E-state index contributed by atoms with van der Waals surface area (Å²) in [6, 6.07) is 10.6. The molecule has 2 nitrogen and oxygen atoms in total. The SMILES string of the molecule is COc1ccc(C(C)=O)cc1-c1cccc(Cl)c1Cl. The zero-order chi connectivity index (χ0) is 14.0. The van der Waals surface area contributed by atoms with Gasteiger partial charge in [0.25, 0.3) is 0 Å². The molecule has 0 N–H and O–H groups in total. The Morgan fingerprint density at radius 1 is 1.11 bits per heavy atom. The lowest BCUT2D eigenvalue weighted by molar-refractivity contribution is 0.101. The van der Waals surface area contributed by atoms with Crippen LogP contribution >= 0.6 is 23.2 Å². The number of methoxy groups -OCH3 is 1. The van der Waals surface area contributed by atoms with E-state index >= 15 is 0 Å². The van der Waals surface area contributed by atoms with E-state index in [1.807, 2.05) is 12.1 Å². The average molecular weight is 295 g/mol. The lowest BCUT2D eigenvalue weighted by Gasteiger charge is -2.12. The van der Waals surface area contributed by atoms with Crippen molar-refractivity contribution in [2.45, 2.75) is 6.92 Å². The lowest BCUT2D eigenvalue weighted by atomic mass is 10.0. The summed E-state index contributed by atoms with van der Waals surface area (Å²) in [6.45, 7) is 1.52. The van der Waals surface area contributed by atoms with Crippen LogP contribution in [-0.2, 0) is 0 Å². The van der Waals surface area contributed by atoms with E-state index in [2.05, 4.69) is 0 Å².